The Labute approximate surface area is 82.0 Å². The molecule has 14 heavy (non-hydrogen) atoms. The minimum absolute atomic E-state index is 0.603. The quantitative estimate of drug-likeness (QED) is 0.491. The highest BCUT2D eigenvalue weighted by molar-refractivity contribution is 6.40. The molecule has 0 aliphatic heterocycles. The molecule has 3 aromatic rings. The van der Waals surface area contributed by atoms with Gasteiger partial charge in [-0.15, -0.1) is 0 Å². The largest absolute Gasteiger partial charge is 0.438 e. The lowest BCUT2D eigenvalue weighted by Gasteiger charge is -1.92. The van der Waals surface area contributed by atoms with E-state index in [-0.39, 0.29) is 0 Å². The van der Waals surface area contributed by atoms with E-state index in [4.69, 9.17) is 12.3 Å². The average molecular weight is 179 g/mol. The van der Waals surface area contributed by atoms with Crippen LogP contribution in [0.15, 0.2) is 40.9 Å². The van der Waals surface area contributed by atoms with Crippen molar-refractivity contribution < 1.29 is 4.42 Å². The van der Waals surface area contributed by atoms with Gasteiger partial charge in [-0.25, -0.2) is 4.98 Å². The van der Waals surface area contributed by atoms with E-state index in [1.54, 1.807) is 12.3 Å². The van der Waals surface area contributed by atoms with Crippen LogP contribution in [-0.2, 0) is 0 Å². The van der Waals surface area contributed by atoms with Gasteiger partial charge in [-0.1, -0.05) is 23.7 Å². The number of hydrogen-bond acceptors (Lipinski definition) is 2. The molecule has 2 radical (unpaired) electrons. The SMILES string of the molecule is [B]c1ccnc2oc3ccccc3c12. The highest BCUT2D eigenvalue weighted by Gasteiger charge is 2.07. The molecule has 0 aliphatic carbocycles. The van der Waals surface area contributed by atoms with Crippen LogP contribution in [0.25, 0.3) is 22.1 Å². The monoisotopic (exact) mass is 179 g/mol. The summed E-state index contributed by atoms with van der Waals surface area (Å²) in [6.45, 7) is 0. The van der Waals surface area contributed by atoms with Crippen molar-refractivity contribution in [3.8, 4) is 0 Å². The predicted molar refractivity (Wildman–Crippen MR) is 56.9 cm³/mol. The molecule has 0 saturated carbocycles. The summed E-state index contributed by atoms with van der Waals surface area (Å²) in [5.41, 5.74) is 2.14. The zero-order valence-corrected chi connectivity index (χ0v) is 7.40. The molecular formula is C11H6BNO. The van der Waals surface area contributed by atoms with Crippen molar-refractivity contribution in [2.24, 2.45) is 0 Å². The van der Waals surface area contributed by atoms with Gasteiger partial charge in [0.25, 0.3) is 0 Å². The van der Waals surface area contributed by atoms with Crippen molar-refractivity contribution in [1.82, 2.24) is 4.98 Å². The van der Waals surface area contributed by atoms with Gasteiger partial charge in [0.1, 0.15) is 13.4 Å². The predicted octanol–water partition coefficient (Wildman–Crippen LogP) is 1.77. The highest BCUT2D eigenvalue weighted by Crippen LogP contribution is 2.24. The van der Waals surface area contributed by atoms with Crippen LogP contribution in [0.3, 0.4) is 0 Å². The zero-order chi connectivity index (χ0) is 9.54. The van der Waals surface area contributed by atoms with Crippen molar-refractivity contribution in [3.05, 3.63) is 36.5 Å². The lowest BCUT2D eigenvalue weighted by molar-refractivity contribution is 0.654. The van der Waals surface area contributed by atoms with Crippen LogP contribution in [0.5, 0.6) is 0 Å². The Hall–Kier alpha value is -1.77. The number of furan rings is 1. The lowest BCUT2D eigenvalue weighted by atomic mass is 9.93. The van der Waals surface area contributed by atoms with E-state index in [9.17, 15) is 0 Å². The molecule has 0 N–H and O–H groups in total. The molecule has 0 bridgehead atoms. The molecule has 0 unspecified atom stereocenters. The minimum Gasteiger partial charge on any atom is -0.438 e. The van der Waals surface area contributed by atoms with Crippen LogP contribution >= 0.6 is 0 Å². The third kappa shape index (κ3) is 0.895. The van der Waals surface area contributed by atoms with Gasteiger partial charge >= 0.3 is 0 Å². The second-order valence-electron chi connectivity index (χ2n) is 3.18. The van der Waals surface area contributed by atoms with E-state index in [1.165, 1.54) is 0 Å². The molecule has 0 fully saturated rings. The third-order valence-corrected chi connectivity index (χ3v) is 2.31. The van der Waals surface area contributed by atoms with Crippen LogP contribution < -0.4 is 5.46 Å². The molecule has 64 valence electrons. The molecule has 0 atom stereocenters. The number of rotatable bonds is 0. The fraction of sp³-hybridized carbons (Fsp3) is 0. The van der Waals surface area contributed by atoms with E-state index in [0.717, 1.165) is 16.4 Å². The molecule has 3 rings (SSSR count). The standard InChI is InChI=1S/C11H6BNO/c12-8-5-6-13-11-10(8)7-3-1-2-4-9(7)14-11/h1-6H. The molecule has 0 amide bonds. The topological polar surface area (TPSA) is 26.0 Å². The Balaban J connectivity index is 2.65. The fourth-order valence-corrected chi connectivity index (χ4v) is 1.67. The maximum Gasteiger partial charge on any atom is 0.226 e. The van der Waals surface area contributed by atoms with Gasteiger partial charge in [0.2, 0.25) is 5.71 Å². The molecule has 2 heterocycles. The Morgan fingerprint density at radius 2 is 2.00 bits per heavy atom. The maximum absolute atomic E-state index is 5.87. The van der Waals surface area contributed by atoms with Crippen LogP contribution in [0.1, 0.15) is 0 Å². The molecule has 1 aromatic carbocycles. The van der Waals surface area contributed by atoms with Crippen LogP contribution in [0.2, 0.25) is 0 Å². The summed E-state index contributed by atoms with van der Waals surface area (Å²) in [5.74, 6) is 0. The molecular weight excluding hydrogens is 173 g/mol. The smallest absolute Gasteiger partial charge is 0.226 e. The second kappa shape index (κ2) is 2.61. The Kier molecular flexibility index (Phi) is 1.42. The molecule has 2 aromatic heterocycles. The van der Waals surface area contributed by atoms with E-state index in [0.29, 0.717) is 11.2 Å². The van der Waals surface area contributed by atoms with Crippen LogP contribution in [0, 0.1) is 0 Å². The first kappa shape index (κ1) is 7.62. The number of nitrogens with zero attached hydrogens (tertiary/aromatic N) is 1. The third-order valence-electron chi connectivity index (χ3n) is 2.31. The second-order valence-corrected chi connectivity index (χ2v) is 3.18. The number of aromatic nitrogens is 1. The maximum atomic E-state index is 5.87. The number of para-hydroxylation sites is 1. The summed E-state index contributed by atoms with van der Waals surface area (Å²) in [6, 6.07) is 9.57. The summed E-state index contributed by atoms with van der Waals surface area (Å²) < 4.78 is 5.54. The van der Waals surface area contributed by atoms with Crippen molar-refractivity contribution in [2.45, 2.75) is 0 Å². The summed E-state index contributed by atoms with van der Waals surface area (Å²) >= 11 is 0. The molecule has 2 nitrogen and oxygen atoms in total. The fourth-order valence-electron chi connectivity index (χ4n) is 1.67. The van der Waals surface area contributed by atoms with Gasteiger partial charge in [-0.2, -0.15) is 0 Å². The molecule has 0 saturated heterocycles. The van der Waals surface area contributed by atoms with Gasteiger partial charge in [0.05, 0.1) is 0 Å². The van der Waals surface area contributed by atoms with Crippen molar-refractivity contribution >= 4 is 35.4 Å². The summed E-state index contributed by atoms with van der Waals surface area (Å²) in [7, 11) is 5.87. The van der Waals surface area contributed by atoms with Gasteiger partial charge in [-0.3, -0.25) is 0 Å². The van der Waals surface area contributed by atoms with Crippen LogP contribution in [-0.4, -0.2) is 12.8 Å². The molecule has 0 spiro atoms. The van der Waals surface area contributed by atoms with Gasteiger partial charge in [0, 0.05) is 17.0 Å². The van der Waals surface area contributed by atoms with E-state index < -0.39 is 0 Å². The highest BCUT2D eigenvalue weighted by atomic mass is 16.3. The van der Waals surface area contributed by atoms with Crippen molar-refractivity contribution in [1.29, 1.82) is 0 Å². The number of pyridine rings is 1. The van der Waals surface area contributed by atoms with Gasteiger partial charge < -0.3 is 4.42 Å². The first-order chi connectivity index (χ1) is 6.86. The first-order valence-corrected chi connectivity index (χ1v) is 4.38. The molecule has 3 heteroatoms. The van der Waals surface area contributed by atoms with E-state index >= 15 is 0 Å². The van der Waals surface area contributed by atoms with E-state index in [2.05, 4.69) is 4.98 Å². The Bertz CT molecular complexity index is 615. The lowest BCUT2D eigenvalue weighted by Crippen LogP contribution is -2.02. The Morgan fingerprint density at radius 3 is 2.93 bits per heavy atom. The van der Waals surface area contributed by atoms with Gasteiger partial charge in [-0.05, 0) is 12.1 Å². The van der Waals surface area contributed by atoms with E-state index in [1.807, 2.05) is 24.3 Å². The average Bonchev–Trinajstić information content (AvgIpc) is 2.57. The summed E-state index contributed by atoms with van der Waals surface area (Å²) in [5, 5.41) is 1.93. The van der Waals surface area contributed by atoms with Crippen LogP contribution in [0.4, 0.5) is 0 Å². The number of benzene rings is 1. The minimum atomic E-state index is 0.603. The summed E-state index contributed by atoms with van der Waals surface area (Å²) in [6.07, 6.45) is 1.65. The Morgan fingerprint density at radius 1 is 1.14 bits per heavy atom. The number of hydrogen-bond donors (Lipinski definition) is 0. The molecule has 0 aliphatic rings. The normalized spacial score (nSPS) is 11.1. The summed E-state index contributed by atoms with van der Waals surface area (Å²) in [4.78, 5) is 4.13. The van der Waals surface area contributed by atoms with Crippen molar-refractivity contribution in [3.63, 3.8) is 0 Å². The first-order valence-electron chi connectivity index (χ1n) is 4.38. The van der Waals surface area contributed by atoms with Gasteiger partial charge in [0.15, 0.2) is 0 Å². The zero-order valence-electron chi connectivity index (χ0n) is 7.40. The number of fused-ring (bicyclic) bond motifs is 3. The van der Waals surface area contributed by atoms with Crippen molar-refractivity contribution in [2.75, 3.05) is 0 Å².